The van der Waals surface area contributed by atoms with Gasteiger partial charge in [0.25, 0.3) is 0 Å². The largest absolute Gasteiger partial charge is 0.383 e. The highest BCUT2D eigenvalue weighted by Crippen LogP contribution is 2.37. The van der Waals surface area contributed by atoms with Crippen LogP contribution in [0.25, 0.3) is 11.0 Å². The van der Waals surface area contributed by atoms with Gasteiger partial charge in [-0.25, -0.2) is 14.6 Å². The van der Waals surface area contributed by atoms with E-state index in [1.807, 2.05) is 4.68 Å². The van der Waals surface area contributed by atoms with E-state index in [-0.39, 0.29) is 5.54 Å². The molecule has 24 heavy (non-hydrogen) atoms. The van der Waals surface area contributed by atoms with Crippen LogP contribution in [0.2, 0.25) is 0 Å². The molecular formula is C19H23N5. The van der Waals surface area contributed by atoms with Gasteiger partial charge in [0.2, 0.25) is 0 Å². The van der Waals surface area contributed by atoms with Crippen LogP contribution in [-0.4, -0.2) is 19.7 Å². The molecule has 2 aromatic heterocycles. The highest BCUT2D eigenvalue weighted by molar-refractivity contribution is 5.88. The van der Waals surface area contributed by atoms with E-state index in [1.165, 1.54) is 17.5 Å². The maximum absolute atomic E-state index is 6.21. The summed E-state index contributed by atoms with van der Waals surface area (Å²) in [5.74, 6) is 0.892. The SMILES string of the molecule is CC(C)(C)n1nc(C2CCc3ccccc3C2)c2c(N)ncnc21. The zero-order chi connectivity index (χ0) is 16.9. The second-order valence-corrected chi connectivity index (χ2v) is 7.63. The van der Waals surface area contributed by atoms with Crippen molar-refractivity contribution >= 4 is 16.9 Å². The molecule has 0 spiro atoms. The van der Waals surface area contributed by atoms with E-state index in [4.69, 9.17) is 10.8 Å². The molecule has 1 aliphatic rings. The van der Waals surface area contributed by atoms with E-state index in [2.05, 4.69) is 55.0 Å². The van der Waals surface area contributed by atoms with Crippen LogP contribution in [0, 0.1) is 0 Å². The lowest BCUT2D eigenvalue weighted by molar-refractivity contribution is 0.360. The van der Waals surface area contributed by atoms with Gasteiger partial charge in [-0.3, -0.25) is 0 Å². The van der Waals surface area contributed by atoms with Gasteiger partial charge in [-0.1, -0.05) is 24.3 Å². The minimum Gasteiger partial charge on any atom is -0.383 e. The molecule has 124 valence electrons. The highest BCUT2D eigenvalue weighted by Gasteiger charge is 2.29. The molecule has 1 atom stereocenters. The number of rotatable bonds is 1. The summed E-state index contributed by atoms with van der Waals surface area (Å²) >= 11 is 0. The van der Waals surface area contributed by atoms with Crippen molar-refractivity contribution in [2.45, 2.75) is 51.5 Å². The lowest BCUT2D eigenvalue weighted by Crippen LogP contribution is -2.24. The average molecular weight is 321 g/mol. The van der Waals surface area contributed by atoms with Gasteiger partial charge >= 0.3 is 0 Å². The van der Waals surface area contributed by atoms with Gasteiger partial charge in [0.1, 0.15) is 12.1 Å². The molecular weight excluding hydrogens is 298 g/mol. The minimum absolute atomic E-state index is 0.149. The molecule has 5 nitrogen and oxygen atoms in total. The molecule has 0 saturated carbocycles. The van der Waals surface area contributed by atoms with Crippen molar-refractivity contribution in [3.05, 3.63) is 47.4 Å². The van der Waals surface area contributed by atoms with E-state index >= 15 is 0 Å². The fourth-order valence-corrected chi connectivity index (χ4v) is 3.69. The summed E-state index contributed by atoms with van der Waals surface area (Å²) in [6.07, 6.45) is 4.70. The van der Waals surface area contributed by atoms with E-state index in [0.29, 0.717) is 11.7 Å². The van der Waals surface area contributed by atoms with E-state index < -0.39 is 0 Å². The van der Waals surface area contributed by atoms with Crippen LogP contribution in [0.5, 0.6) is 0 Å². The highest BCUT2D eigenvalue weighted by atomic mass is 15.3. The van der Waals surface area contributed by atoms with Crippen LogP contribution >= 0.6 is 0 Å². The average Bonchev–Trinajstić information content (AvgIpc) is 2.96. The zero-order valence-corrected chi connectivity index (χ0v) is 14.5. The minimum atomic E-state index is -0.149. The maximum Gasteiger partial charge on any atom is 0.164 e. The first kappa shape index (κ1) is 15.1. The second kappa shape index (κ2) is 5.30. The Labute approximate surface area is 141 Å². The van der Waals surface area contributed by atoms with Gasteiger partial charge in [-0.15, -0.1) is 0 Å². The number of fused-ring (bicyclic) bond motifs is 2. The Morgan fingerprint density at radius 2 is 1.88 bits per heavy atom. The van der Waals surface area contributed by atoms with Crippen LogP contribution in [0.4, 0.5) is 5.82 Å². The molecule has 2 N–H and O–H groups in total. The van der Waals surface area contributed by atoms with Crippen molar-refractivity contribution in [2.24, 2.45) is 0 Å². The Balaban J connectivity index is 1.86. The van der Waals surface area contributed by atoms with E-state index in [9.17, 15) is 0 Å². The van der Waals surface area contributed by atoms with Crippen molar-refractivity contribution in [1.82, 2.24) is 19.7 Å². The molecule has 0 amide bonds. The lowest BCUT2D eigenvalue weighted by Gasteiger charge is -2.24. The first-order valence-electron chi connectivity index (χ1n) is 8.51. The monoisotopic (exact) mass is 321 g/mol. The van der Waals surface area contributed by atoms with Crippen LogP contribution in [0.1, 0.15) is 49.9 Å². The molecule has 0 saturated heterocycles. The maximum atomic E-state index is 6.21. The molecule has 4 rings (SSSR count). The summed E-state index contributed by atoms with van der Waals surface area (Å²) in [7, 11) is 0. The number of nitrogen functional groups attached to an aromatic ring is 1. The van der Waals surface area contributed by atoms with Crippen molar-refractivity contribution in [3.63, 3.8) is 0 Å². The summed E-state index contributed by atoms with van der Waals surface area (Å²) in [5, 5.41) is 5.88. The molecule has 0 aliphatic heterocycles. The third kappa shape index (κ3) is 2.35. The molecule has 1 unspecified atom stereocenters. The molecule has 0 radical (unpaired) electrons. The topological polar surface area (TPSA) is 69.6 Å². The Kier molecular flexibility index (Phi) is 3.34. The Hall–Kier alpha value is -2.43. The zero-order valence-electron chi connectivity index (χ0n) is 14.5. The number of benzene rings is 1. The molecule has 3 aromatic rings. The van der Waals surface area contributed by atoms with Gasteiger partial charge in [-0.2, -0.15) is 5.10 Å². The predicted octanol–water partition coefficient (Wildman–Crippen LogP) is 3.44. The van der Waals surface area contributed by atoms with Crippen molar-refractivity contribution in [1.29, 1.82) is 0 Å². The Morgan fingerprint density at radius 1 is 1.12 bits per heavy atom. The number of anilines is 1. The normalized spacial score (nSPS) is 17.9. The number of aryl methyl sites for hydroxylation is 1. The van der Waals surface area contributed by atoms with Gasteiger partial charge in [0, 0.05) is 5.92 Å². The molecule has 0 bridgehead atoms. The number of nitrogens with zero attached hydrogens (tertiary/aromatic N) is 4. The third-order valence-corrected chi connectivity index (χ3v) is 4.89. The number of nitrogens with two attached hydrogens (primary N) is 1. The lowest BCUT2D eigenvalue weighted by atomic mass is 9.81. The van der Waals surface area contributed by atoms with Crippen molar-refractivity contribution in [2.75, 3.05) is 5.73 Å². The molecule has 1 aliphatic carbocycles. The first-order valence-corrected chi connectivity index (χ1v) is 8.51. The van der Waals surface area contributed by atoms with Crippen LogP contribution in [0.3, 0.4) is 0 Å². The van der Waals surface area contributed by atoms with Gasteiger partial charge in [0.15, 0.2) is 5.65 Å². The fraction of sp³-hybridized carbons (Fsp3) is 0.421. The summed E-state index contributed by atoms with van der Waals surface area (Å²) in [4.78, 5) is 8.69. The number of aromatic nitrogens is 4. The van der Waals surface area contributed by atoms with Crippen LogP contribution < -0.4 is 5.73 Å². The van der Waals surface area contributed by atoms with Gasteiger partial charge in [-0.05, 0) is 51.2 Å². The smallest absolute Gasteiger partial charge is 0.164 e. The summed E-state index contributed by atoms with van der Waals surface area (Å²) < 4.78 is 2.00. The third-order valence-electron chi connectivity index (χ3n) is 4.89. The number of hydrogen-bond acceptors (Lipinski definition) is 4. The standard InChI is InChI=1S/C19H23N5/c1-19(2,3)24-18-15(17(20)21-11-22-18)16(23-24)14-9-8-12-6-4-5-7-13(12)10-14/h4-7,11,14H,8-10H2,1-3H3,(H2,20,21,22). The van der Waals surface area contributed by atoms with Crippen molar-refractivity contribution < 1.29 is 0 Å². The van der Waals surface area contributed by atoms with Gasteiger partial charge in [0.05, 0.1) is 16.6 Å². The van der Waals surface area contributed by atoms with Crippen LogP contribution in [0.15, 0.2) is 30.6 Å². The summed E-state index contributed by atoms with van der Waals surface area (Å²) in [6.45, 7) is 6.41. The Bertz CT molecular complexity index is 904. The molecule has 2 heterocycles. The van der Waals surface area contributed by atoms with Crippen LogP contribution in [-0.2, 0) is 18.4 Å². The second-order valence-electron chi connectivity index (χ2n) is 7.63. The Morgan fingerprint density at radius 3 is 2.62 bits per heavy atom. The predicted molar refractivity (Wildman–Crippen MR) is 95.9 cm³/mol. The van der Waals surface area contributed by atoms with Gasteiger partial charge < -0.3 is 5.73 Å². The summed E-state index contributed by atoms with van der Waals surface area (Å²) in [5.41, 5.74) is 10.8. The molecule has 1 aromatic carbocycles. The van der Waals surface area contributed by atoms with E-state index in [1.54, 1.807) is 0 Å². The van der Waals surface area contributed by atoms with Crippen molar-refractivity contribution in [3.8, 4) is 0 Å². The fourth-order valence-electron chi connectivity index (χ4n) is 3.69. The van der Waals surface area contributed by atoms with E-state index in [0.717, 1.165) is 36.0 Å². The summed E-state index contributed by atoms with van der Waals surface area (Å²) in [6, 6.07) is 8.69. The quantitative estimate of drug-likeness (QED) is 0.745. The number of hydrogen-bond donors (Lipinski definition) is 1. The first-order chi connectivity index (χ1) is 11.4. The molecule has 0 fully saturated rings. The molecule has 5 heteroatoms.